The molecule has 42 heavy (non-hydrogen) atoms. The first-order valence-electron chi connectivity index (χ1n) is 15.2. The van der Waals surface area contributed by atoms with Crippen molar-refractivity contribution in [2.24, 2.45) is 17.3 Å². The SMILES string of the molecule is C=CCN(C(=O)[C@H]1[C@H]2C(=O)N(CCO)C(C(=O)N(CC=C)C(C)(C)CC(C)(C)C)C23CC[C@]1(CC)O3)c1ccccc1. The molecule has 1 N–H and O–H groups in total. The van der Waals surface area contributed by atoms with Crippen molar-refractivity contribution in [1.82, 2.24) is 9.80 Å². The Morgan fingerprint density at radius 3 is 2.26 bits per heavy atom. The fourth-order valence-electron chi connectivity index (χ4n) is 8.25. The van der Waals surface area contributed by atoms with Crippen LogP contribution in [0, 0.1) is 17.3 Å². The maximum Gasteiger partial charge on any atom is 0.249 e. The van der Waals surface area contributed by atoms with E-state index in [1.165, 1.54) is 4.90 Å². The van der Waals surface area contributed by atoms with Crippen molar-refractivity contribution in [2.75, 3.05) is 31.1 Å². The number of para-hydroxylation sites is 1. The Balaban J connectivity index is 1.82. The summed E-state index contributed by atoms with van der Waals surface area (Å²) in [6, 6.07) is 8.43. The Morgan fingerprint density at radius 1 is 1.07 bits per heavy atom. The van der Waals surface area contributed by atoms with Crippen LogP contribution in [0.1, 0.15) is 67.2 Å². The molecular weight excluding hydrogens is 530 g/mol. The third-order valence-corrected chi connectivity index (χ3v) is 9.44. The van der Waals surface area contributed by atoms with E-state index < -0.39 is 34.6 Å². The summed E-state index contributed by atoms with van der Waals surface area (Å²) in [5, 5.41) is 10.0. The second-order valence-corrected chi connectivity index (χ2v) is 13.9. The van der Waals surface area contributed by atoms with Gasteiger partial charge in [-0.25, -0.2) is 0 Å². The number of nitrogens with zero attached hydrogens (tertiary/aromatic N) is 3. The molecule has 3 fully saturated rings. The van der Waals surface area contributed by atoms with E-state index in [0.717, 1.165) is 12.1 Å². The zero-order valence-corrected chi connectivity index (χ0v) is 26.3. The normalized spacial score (nSPS) is 28.5. The van der Waals surface area contributed by atoms with Crippen LogP contribution in [0.3, 0.4) is 0 Å². The molecule has 2 unspecified atom stereocenters. The van der Waals surface area contributed by atoms with E-state index in [1.54, 1.807) is 17.1 Å². The zero-order valence-electron chi connectivity index (χ0n) is 26.3. The Morgan fingerprint density at radius 2 is 1.71 bits per heavy atom. The molecule has 4 rings (SSSR count). The number of anilines is 1. The minimum absolute atomic E-state index is 0.00638. The number of benzene rings is 1. The summed E-state index contributed by atoms with van der Waals surface area (Å²) >= 11 is 0. The fraction of sp³-hybridized carbons (Fsp3) is 0.618. The van der Waals surface area contributed by atoms with Crippen LogP contribution in [0.5, 0.6) is 0 Å². The van der Waals surface area contributed by atoms with Gasteiger partial charge in [0.25, 0.3) is 0 Å². The summed E-state index contributed by atoms with van der Waals surface area (Å²) in [6.07, 6.45) is 5.73. The summed E-state index contributed by atoms with van der Waals surface area (Å²) < 4.78 is 6.95. The van der Waals surface area contributed by atoms with E-state index in [0.29, 0.717) is 25.8 Å². The average molecular weight is 580 g/mol. The van der Waals surface area contributed by atoms with Crippen molar-refractivity contribution in [3.05, 3.63) is 55.6 Å². The maximum atomic E-state index is 14.8. The molecule has 1 aromatic rings. The predicted octanol–water partition coefficient (Wildman–Crippen LogP) is 4.58. The molecule has 5 atom stereocenters. The number of β-amino-alcohol motifs (C(OH)–C–C–N with tert-alkyl or cyclic N) is 1. The lowest BCUT2D eigenvalue weighted by molar-refractivity contribution is -0.157. The Bertz CT molecular complexity index is 1210. The standard InChI is InChI=1S/C34H49N3O5/c1-9-19-35(24-15-13-12-14-16-24)28(39)25-26-29(40)36(21-22-38)27(34(26)18-17-33(25,11-3)42-34)30(41)37(20-10-2)32(7,8)23-31(4,5)6/h9-10,12-16,25-27,38H,1-2,11,17-23H2,3-8H3/t25-,26+,27?,33+,34?/m1/s1. The van der Waals surface area contributed by atoms with Gasteiger partial charge < -0.3 is 24.5 Å². The number of amides is 3. The molecule has 8 heteroatoms. The van der Waals surface area contributed by atoms with Crippen molar-refractivity contribution in [3.8, 4) is 0 Å². The number of fused-ring (bicyclic) bond motifs is 1. The average Bonchev–Trinajstić information content (AvgIpc) is 3.53. The van der Waals surface area contributed by atoms with Gasteiger partial charge in [0.05, 0.1) is 24.0 Å². The van der Waals surface area contributed by atoms with Crippen LogP contribution in [0.25, 0.3) is 0 Å². The van der Waals surface area contributed by atoms with Gasteiger partial charge in [-0.2, -0.15) is 0 Å². The van der Waals surface area contributed by atoms with Crippen LogP contribution in [0.2, 0.25) is 0 Å². The van der Waals surface area contributed by atoms with Gasteiger partial charge in [0.15, 0.2) is 0 Å². The van der Waals surface area contributed by atoms with Gasteiger partial charge in [0, 0.05) is 30.9 Å². The summed E-state index contributed by atoms with van der Waals surface area (Å²) in [6.45, 7) is 20.6. The first kappa shape index (κ1) is 32.0. The highest BCUT2D eigenvalue weighted by molar-refractivity contribution is 6.03. The van der Waals surface area contributed by atoms with Crippen LogP contribution in [0.15, 0.2) is 55.6 Å². The second kappa shape index (κ2) is 11.6. The summed E-state index contributed by atoms with van der Waals surface area (Å²) in [5.41, 5.74) is -1.91. The number of likely N-dealkylation sites (tertiary alicyclic amines) is 1. The van der Waals surface area contributed by atoms with Crippen molar-refractivity contribution in [2.45, 2.75) is 90.0 Å². The molecule has 3 heterocycles. The Kier molecular flexibility index (Phi) is 8.83. The maximum absolute atomic E-state index is 14.8. The van der Waals surface area contributed by atoms with Gasteiger partial charge in [-0.05, 0) is 57.1 Å². The third kappa shape index (κ3) is 5.21. The van der Waals surface area contributed by atoms with E-state index in [2.05, 4.69) is 33.9 Å². The van der Waals surface area contributed by atoms with Crippen LogP contribution in [-0.4, -0.2) is 81.7 Å². The van der Waals surface area contributed by atoms with E-state index in [4.69, 9.17) is 4.74 Å². The molecule has 1 aromatic carbocycles. The van der Waals surface area contributed by atoms with Crippen molar-refractivity contribution >= 4 is 23.4 Å². The number of ether oxygens (including phenoxy) is 1. The van der Waals surface area contributed by atoms with Crippen LogP contribution in [0.4, 0.5) is 5.69 Å². The largest absolute Gasteiger partial charge is 0.395 e. The molecule has 3 saturated heterocycles. The second-order valence-electron chi connectivity index (χ2n) is 13.9. The fourth-order valence-corrected chi connectivity index (χ4v) is 8.25. The molecule has 0 saturated carbocycles. The summed E-state index contributed by atoms with van der Waals surface area (Å²) in [7, 11) is 0. The van der Waals surface area contributed by atoms with E-state index in [1.807, 2.05) is 56.0 Å². The number of hydrogen-bond donors (Lipinski definition) is 1. The van der Waals surface area contributed by atoms with E-state index >= 15 is 0 Å². The number of hydrogen-bond acceptors (Lipinski definition) is 5. The molecule has 1 spiro atoms. The highest BCUT2D eigenvalue weighted by Gasteiger charge is 2.79. The van der Waals surface area contributed by atoms with Gasteiger partial charge in [-0.15, -0.1) is 13.2 Å². The lowest BCUT2D eigenvalue weighted by Gasteiger charge is -2.45. The first-order valence-corrected chi connectivity index (χ1v) is 15.2. The minimum atomic E-state index is -1.16. The van der Waals surface area contributed by atoms with Crippen molar-refractivity contribution in [1.29, 1.82) is 0 Å². The quantitative estimate of drug-likeness (QED) is 0.366. The lowest BCUT2D eigenvalue weighted by atomic mass is 9.64. The molecule has 0 radical (unpaired) electrons. The van der Waals surface area contributed by atoms with Crippen LogP contribution >= 0.6 is 0 Å². The summed E-state index contributed by atoms with van der Waals surface area (Å²) in [4.78, 5) is 48.6. The highest BCUT2D eigenvalue weighted by Crippen LogP contribution is 2.65. The Labute approximate surface area is 251 Å². The highest BCUT2D eigenvalue weighted by atomic mass is 16.5. The van der Waals surface area contributed by atoms with Gasteiger partial charge in [0.2, 0.25) is 17.7 Å². The monoisotopic (exact) mass is 579 g/mol. The molecule has 3 aliphatic heterocycles. The molecule has 230 valence electrons. The van der Waals surface area contributed by atoms with Crippen LogP contribution in [-0.2, 0) is 19.1 Å². The van der Waals surface area contributed by atoms with E-state index in [9.17, 15) is 19.5 Å². The smallest absolute Gasteiger partial charge is 0.249 e. The van der Waals surface area contributed by atoms with Gasteiger partial charge >= 0.3 is 0 Å². The molecule has 0 aliphatic carbocycles. The number of aliphatic hydroxyl groups is 1. The van der Waals surface area contributed by atoms with Gasteiger partial charge in [0.1, 0.15) is 11.6 Å². The predicted molar refractivity (Wildman–Crippen MR) is 165 cm³/mol. The number of rotatable bonds is 12. The third-order valence-electron chi connectivity index (χ3n) is 9.44. The lowest BCUT2D eigenvalue weighted by Crippen LogP contribution is -2.61. The molecule has 3 aliphatic rings. The zero-order chi connectivity index (χ0) is 31.1. The molecular formula is C34H49N3O5. The molecule has 8 nitrogen and oxygen atoms in total. The number of aliphatic hydroxyl groups excluding tert-OH is 1. The molecule has 2 bridgehead atoms. The molecule has 3 amide bonds. The molecule has 0 aromatic heterocycles. The number of carbonyl (C=O) groups is 3. The topological polar surface area (TPSA) is 90.4 Å². The number of carbonyl (C=O) groups excluding carboxylic acids is 3. The van der Waals surface area contributed by atoms with Gasteiger partial charge in [-0.1, -0.05) is 58.0 Å². The van der Waals surface area contributed by atoms with Gasteiger partial charge in [-0.3, -0.25) is 14.4 Å². The minimum Gasteiger partial charge on any atom is -0.395 e. The van der Waals surface area contributed by atoms with Crippen LogP contribution < -0.4 is 4.90 Å². The van der Waals surface area contributed by atoms with Crippen molar-refractivity contribution < 1.29 is 24.2 Å². The Hall–Kier alpha value is -2.97. The summed E-state index contributed by atoms with van der Waals surface area (Å²) in [5.74, 6) is -2.31. The first-order chi connectivity index (χ1) is 19.7. The van der Waals surface area contributed by atoms with Crippen molar-refractivity contribution in [3.63, 3.8) is 0 Å². The van der Waals surface area contributed by atoms with E-state index in [-0.39, 0.29) is 42.8 Å².